The molecule has 1 N–H and O–H groups in total. The maximum atomic E-state index is 10.4. The molecule has 1 aliphatic rings. The molecule has 1 aliphatic carbocycles. The molecule has 7 heteroatoms. The van der Waals surface area contributed by atoms with E-state index in [1.807, 2.05) is 11.4 Å². The molecule has 0 unspecified atom stereocenters. The van der Waals surface area contributed by atoms with Gasteiger partial charge in [0.15, 0.2) is 11.0 Å². The van der Waals surface area contributed by atoms with E-state index in [9.17, 15) is 5.11 Å². The lowest BCUT2D eigenvalue weighted by atomic mass is 9.89. The van der Waals surface area contributed by atoms with Crippen LogP contribution in [0.2, 0.25) is 0 Å². The van der Waals surface area contributed by atoms with Gasteiger partial charge in [-0.05, 0) is 48.8 Å². The molecule has 0 bridgehead atoms. The molecule has 2 heterocycles. The van der Waals surface area contributed by atoms with E-state index in [-0.39, 0.29) is 6.10 Å². The highest BCUT2D eigenvalue weighted by Gasteiger charge is 2.22. The van der Waals surface area contributed by atoms with E-state index in [1.54, 1.807) is 11.3 Å². The summed E-state index contributed by atoms with van der Waals surface area (Å²) < 4.78 is 8.17. The number of aromatic nitrogens is 3. The third kappa shape index (κ3) is 4.33. The van der Waals surface area contributed by atoms with E-state index in [0.717, 1.165) is 41.7 Å². The maximum absolute atomic E-state index is 10.4. The van der Waals surface area contributed by atoms with Crippen LogP contribution in [-0.4, -0.2) is 38.3 Å². The van der Waals surface area contributed by atoms with Crippen molar-refractivity contribution >= 4 is 23.1 Å². The minimum Gasteiger partial charge on any atom is -0.390 e. The van der Waals surface area contributed by atoms with E-state index in [0.29, 0.717) is 12.4 Å². The first-order valence-corrected chi connectivity index (χ1v) is 11.6. The SMILES string of the molecule is CCn1c(SC[C@@H](O)CO[C@H]2CCCc3ccccc32)nnc1-c1cccs1. The zero-order chi connectivity index (χ0) is 19.3. The average molecular weight is 416 g/mol. The summed E-state index contributed by atoms with van der Waals surface area (Å²) in [5.74, 6) is 1.43. The summed E-state index contributed by atoms with van der Waals surface area (Å²) in [6, 6.07) is 12.6. The zero-order valence-electron chi connectivity index (χ0n) is 16.0. The Morgan fingerprint density at radius 2 is 2.18 bits per heavy atom. The van der Waals surface area contributed by atoms with Gasteiger partial charge in [-0.3, -0.25) is 0 Å². The van der Waals surface area contributed by atoms with Crippen molar-refractivity contribution in [3.8, 4) is 10.7 Å². The van der Waals surface area contributed by atoms with Crippen LogP contribution in [0.4, 0.5) is 0 Å². The first-order valence-electron chi connectivity index (χ1n) is 9.73. The van der Waals surface area contributed by atoms with Gasteiger partial charge in [0.25, 0.3) is 0 Å². The van der Waals surface area contributed by atoms with Crippen LogP contribution in [0.25, 0.3) is 10.7 Å². The van der Waals surface area contributed by atoms with E-state index < -0.39 is 6.10 Å². The number of aryl methyl sites for hydroxylation is 1. The van der Waals surface area contributed by atoms with Crippen molar-refractivity contribution in [1.29, 1.82) is 0 Å². The van der Waals surface area contributed by atoms with Gasteiger partial charge in [-0.2, -0.15) is 0 Å². The molecule has 0 amide bonds. The second-order valence-corrected chi connectivity index (χ2v) is 8.84. The molecule has 0 saturated heterocycles. The lowest BCUT2D eigenvalue weighted by Crippen LogP contribution is -2.22. The number of hydrogen-bond donors (Lipinski definition) is 1. The summed E-state index contributed by atoms with van der Waals surface area (Å²) >= 11 is 3.19. The summed E-state index contributed by atoms with van der Waals surface area (Å²) in [6.45, 7) is 3.22. The van der Waals surface area contributed by atoms with E-state index in [2.05, 4.69) is 52.0 Å². The predicted octanol–water partition coefficient (Wildman–Crippen LogP) is 4.57. The lowest BCUT2D eigenvalue weighted by molar-refractivity contribution is -0.00961. The molecule has 2 atom stereocenters. The minimum absolute atomic E-state index is 0.0920. The fraction of sp³-hybridized carbons (Fsp3) is 0.429. The van der Waals surface area contributed by atoms with E-state index in [1.165, 1.54) is 22.9 Å². The van der Waals surface area contributed by atoms with Gasteiger partial charge in [0.1, 0.15) is 0 Å². The Balaban J connectivity index is 1.33. The smallest absolute Gasteiger partial charge is 0.191 e. The van der Waals surface area contributed by atoms with E-state index >= 15 is 0 Å². The number of ether oxygens (including phenoxy) is 1. The summed E-state index contributed by atoms with van der Waals surface area (Å²) in [6.07, 6.45) is 2.83. The van der Waals surface area contributed by atoms with Crippen LogP contribution in [0.15, 0.2) is 46.9 Å². The topological polar surface area (TPSA) is 60.2 Å². The van der Waals surface area contributed by atoms with Crippen molar-refractivity contribution in [2.24, 2.45) is 0 Å². The summed E-state index contributed by atoms with van der Waals surface area (Å²) in [5.41, 5.74) is 2.65. The first kappa shape index (κ1) is 19.6. The normalized spacial score (nSPS) is 17.4. The van der Waals surface area contributed by atoms with Gasteiger partial charge in [0.05, 0.1) is 23.7 Å². The monoisotopic (exact) mass is 415 g/mol. The molecule has 0 spiro atoms. The molecule has 3 aromatic rings. The zero-order valence-corrected chi connectivity index (χ0v) is 17.6. The number of aliphatic hydroxyl groups excluding tert-OH is 1. The summed E-state index contributed by atoms with van der Waals surface area (Å²) in [5, 5.41) is 22.0. The van der Waals surface area contributed by atoms with Gasteiger partial charge in [-0.25, -0.2) is 0 Å². The molecule has 0 radical (unpaired) electrons. The van der Waals surface area contributed by atoms with Gasteiger partial charge in [0.2, 0.25) is 0 Å². The van der Waals surface area contributed by atoms with Gasteiger partial charge in [-0.15, -0.1) is 21.5 Å². The van der Waals surface area contributed by atoms with Crippen LogP contribution in [0, 0.1) is 0 Å². The Morgan fingerprint density at radius 1 is 1.29 bits per heavy atom. The average Bonchev–Trinajstić information content (AvgIpc) is 3.39. The third-order valence-electron chi connectivity index (χ3n) is 4.98. The standard InChI is InChI=1S/C21H25N3O2S2/c1-2-24-20(19-11-6-12-27-19)22-23-21(24)28-14-16(25)13-26-18-10-5-8-15-7-3-4-9-17(15)18/h3-4,6-7,9,11-12,16,18,25H,2,5,8,10,13-14H2,1H3/t16-,18-/m0/s1. The Hall–Kier alpha value is -1.67. The molecule has 5 nitrogen and oxygen atoms in total. The van der Waals surface area contributed by atoms with Gasteiger partial charge in [0, 0.05) is 12.3 Å². The second-order valence-electron chi connectivity index (χ2n) is 6.91. The highest BCUT2D eigenvalue weighted by Crippen LogP contribution is 2.32. The third-order valence-corrected chi connectivity index (χ3v) is 6.96. The maximum Gasteiger partial charge on any atom is 0.191 e. The number of thiophene rings is 1. The molecule has 1 aromatic carbocycles. The number of benzene rings is 1. The first-order chi connectivity index (χ1) is 13.8. The Bertz CT molecular complexity index is 895. The Kier molecular flexibility index (Phi) is 6.47. The van der Waals surface area contributed by atoms with Crippen molar-refractivity contribution in [2.45, 2.75) is 50.1 Å². The van der Waals surface area contributed by atoms with Crippen LogP contribution in [0.1, 0.15) is 37.0 Å². The highest BCUT2D eigenvalue weighted by atomic mass is 32.2. The number of rotatable bonds is 8. The Morgan fingerprint density at radius 3 is 3.00 bits per heavy atom. The van der Waals surface area contributed by atoms with Crippen LogP contribution in [-0.2, 0) is 17.7 Å². The van der Waals surface area contributed by atoms with Crippen molar-refractivity contribution in [3.63, 3.8) is 0 Å². The highest BCUT2D eigenvalue weighted by molar-refractivity contribution is 7.99. The van der Waals surface area contributed by atoms with Crippen molar-refractivity contribution in [2.75, 3.05) is 12.4 Å². The molecular weight excluding hydrogens is 390 g/mol. The van der Waals surface area contributed by atoms with Gasteiger partial charge >= 0.3 is 0 Å². The van der Waals surface area contributed by atoms with Crippen molar-refractivity contribution < 1.29 is 9.84 Å². The molecule has 0 fully saturated rings. The molecule has 0 aliphatic heterocycles. The number of aliphatic hydroxyl groups is 1. The lowest BCUT2D eigenvalue weighted by Gasteiger charge is -2.26. The molecule has 0 saturated carbocycles. The van der Waals surface area contributed by atoms with E-state index in [4.69, 9.17) is 4.74 Å². The molecular formula is C21H25N3O2S2. The van der Waals surface area contributed by atoms with Gasteiger partial charge in [-0.1, -0.05) is 42.1 Å². The summed E-state index contributed by atoms with van der Waals surface area (Å²) in [7, 11) is 0. The molecule has 2 aromatic heterocycles. The van der Waals surface area contributed by atoms with Gasteiger partial charge < -0.3 is 14.4 Å². The number of thioether (sulfide) groups is 1. The molecule has 4 rings (SSSR count). The Labute approximate surface area is 173 Å². The molecule has 148 valence electrons. The predicted molar refractivity (Wildman–Crippen MR) is 114 cm³/mol. The van der Waals surface area contributed by atoms with Crippen LogP contribution >= 0.6 is 23.1 Å². The second kappa shape index (κ2) is 9.22. The van der Waals surface area contributed by atoms with Crippen molar-refractivity contribution in [3.05, 3.63) is 52.9 Å². The quantitative estimate of drug-likeness (QED) is 0.546. The number of hydrogen-bond acceptors (Lipinski definition) is 6. The van der Waals surface area contributed by atoms with Crippen LogP contribution in [0.5, 0.6) is 0 Å². The molecule has 28 heavy (non-hydrogen) atoms. The van der Waals surface area contributed by atoms with Crippen LogP contribution < -0.4 is 0 Å². The minimum atomic E-state index is -0.536. The number of nitrogens with zero attached hydrogens (tertiary/aromatic N) is 3. The fourth-order valence-corrected chi connectivity index (χ4v) is 5.22. The van der Waals surface area contributed by atoms with Crippen molar-refractivity contribution in [1.82, 2.24) is 14.8 Å². The van der Waals surface area contributed by atoms with Crippen LogP contribution in [0.3, 0.4) is 0 Å². The largest absolute Gasteiger partial charge is 0.390 e. The number of fused-ring (bicyclic) bond motifs is 1. The fourth-order valence-electron chi connectivity index (χ4n) is 3.60. The summed E-state index contributed by atoms with van der Waals surface area (Å²) in [4.78, 5) is 1.11.